The molecule has 3 aromatic carbocycles. The Balaban J connectivity index is 1.80. The van der Waals surface area contributed by atoms with Gasteiger partial charge in [-0.2, -0.15) is 0 Å². The van der Waals surface area contributed by atoms with Gasteiger partial charge >= 0.3 is 0 Å². The van der Waals surface area contributed by atoms with Gasteiger partial charge in [0.25, 0.3) is 5.91 Å². The minimum atomic E-state index is -0.198. The third-order valence-corrected chi connectivity index (χ3v) is 4.66. The maximum absolute atomic E-state index is 13.1. The second kappa shape index (κ2) is 7.53. The molecule has 28 heavy (non-hydrogen) atoms. The Morgan fingerprint density at radius 2 is 1.64 bits per heavy atom. The third kappa shape index (κ3) is 3.45. The van der Waals surface area contributed by atoms with Crippen LogP contribution in [0.3, 0.4) is 0 Å². The zero-order chi connectivity index (χ0) is 19.5. The summed E-state index contributed by atoms with van der Waals surface area (Å²) < 4.78 is 5.35. The fourth-order valence-corrected chi connectivity index (χ4v) is 3.17. The standard InChI is InChI=1S/C24H20N2O2/c1-16-11-13-17(14-12-16)22-15-19(18-7-3-4-8-20(18)25-22)24(27)26-21-9-5-6-10-23(21)28-2/h3-15H,1-2H3,(H,26,27). The van der Waals surface area contributed by atoms with Gasteiger partial charge in [0.1, 0.15) is 5.75 Å². The summed E-state index contributed by atoms with van der Waals surface area (Å²) in [6.45, 7) is 2.05. The van der Waals surface area contributed by atoms with E-state index in [1.807, 2.05) is 85.8 Å². The highest BCUT2D eigenvalue weighted by Crippen LogP contribution is 2.28. The minimum Gasteiger partial charge on any atom is -0.495 e. The van der Waals surface area contributed by atoms with E-state index in [2.05, 4.69) is 5.32 Å². The lowest BCUT2D eigenvalue weighted by atomic mass is 10.0. The average Bonchev–Trinajstić information content (AvgIpc) is 2.74. The Morgan fingerprint density at radius 1 is 0.929 bits per heavy atom. The highest BCUT2D eigenvalue weighted by atomic mass is 16.5. The number of carbonyl (C=O) groups is 1. The first-order valence-electron chi connectivity index (χ1n) is 9.07. The second-order valence-corrected chi connectivity index (χ2v) is 6.59. The van der Waals surface area contributed by atoms with Crippen molar-refractivity contribution in [3.05, 3.63) is 90.0 Å². The maximum atomic E-state index is 13.1. The smallest absolute Gasteiger partial charge is 0.256 e. The number of nitrogens with one attached hydrogen (secondary N) is 1. The van der Waals surface area contributed by atoms with Crippen LogP contribution in [-0.2, 0) is 0 Å². The van der Waals surface area contributed by atoms with Gasteiger partial charge in [-0.15, -0.1) is 0 Å². The summed E-state index contributed by atoms with van der Waals surface area (Å²) in [4.78, 5) is 17.9. The normalized spacial score (nSPS) is 10.6. The number of pyridine rings is 1. The van der Waals surface area contributed by atoms with Gasteiger partial charge in [0.05, 0.1) is 29.6 Å². The predicted octanol–water partition coefficient (Wildman–Crippen LogP) is 5.47. The number of hydrogen-bond donors (Lipinski definition) is 1. The van der Waals surface area contributed by atoms with Crippen LogP contribution in [0.2, 0.25) is 0 Å². The summed E-state index contributed by atoms with van der Waals surface area (Å²) in [5.74, 6) is 0.421. The monoisotopic (exact) mass is 368 g/mol. The molecule has 0 atom stereocenters. The molecule has 0 radical (unpaired) electrons. The van der Waals surface area contributed by atoms with Crippen molar-refractivity contribution in [3.63, 3.8) is 0 Å². The molecule has 0 fully saturated rings. The molecule has 1 N–H and O–H groups in total. The van der Waals surface area contributed by atoms with Gasteiger partial charge < -0.3 is 10.1 Å². The number of carbonyl (C=O) groups excluding carboxylic acids is 1. The van der Waals surface area contributed by atoms with Gasteiger partial charge in [-0.25, -0.2) is 4.98 Å². The van der Waals surface area contributed by atoms with E-state index in [-0.39, 0.29) is 5.91 Å². The van der Waals surface area contributed by atoms with E-state index in [1.54, 1.807) is 7.11 Å². The number of rotatable bonds is 4. The van der Waals surface area contributed by atoms with Crippen LogP contribution in [0.15, 0.2) is 78.9 Å². The first-order chi connectivity index (χ1) is 13.7. The number of aryl methyl sites for hydroxylation is 1. The Kier molecular flexibility index (Phi) is 4.77. The number of methoxy groups -OCH3 is 1. The highest BCUT2D eigenvalue weighted by molar-refractivity contribution is 6.13. The molecule has 1 amide bonds. The minimum absolute atomic E-state index is 0.198. The van der Waals surface area contributed by atoms with E-state index in [9.17, 15) is 4.79 Å². The van der Waals surface area contributed by atoms with Crippen LogP contribution in [0.5, 0.6) is 5.75 Å². The number of hydrogen-bond acceptors (Lipinski definition) is 3. The summed E-state index contributed by atoms with van der Waals surface area (Å²) >= 11 is 0. The molecule has 0 aliphatic carbocycles. The topological polar surface area (TPSA) is 51.2 Å². The van der Waals surface area contributed by atoms with Crippen LogP contribution in [0.1, 0.15) is 15.9 Å². The number of amides is 1. The molecule has 4 rings (SSSR count). The van der Waals surface area contributed by atoms with E-state index in [1.165, 1.54) is 5.56 Å². The molecule has 0 aliphatic rings. The molecule has 0 spiro atoms. The lowest BCUT2D eigenvalue weighted by Crippen LogP contribution is -2.13. The predicted molar refractivity (Wildman–Crippen MR) is 113 cm³/mol. The van der Waals surface area contributed by atoms with Crippen LogP contribution in [-0.4, -0.2) is 18.0 Å². The van der Waals surface area contributed by atoms with Crippen molar-refractivity contribution in [2.45, 2.75) is 6.92 Å². The van der Waals surface area contributed by atoms with Crippen molar-refractivity contribution in [1.29, 1.82) is 0 Å². The quantitative estimate of drug-likeness (QED) is 0.519. The third-order valence-electron chi connectivity index (χ3n) is 4.66. The molecule has 0 aliphatic heterocycles. The summed E-state index contributed by atoms with van der Waals surface area (Å²) in [7, 11) is 1.59. The largest absolute Gasteiger partial charge is 0.495 e. The zero-order valence-electron chi connectivity index (χ0n) is 15.8. The van der Waals surface area contributed by atoms with Crippen LogP contribution < -0.4 is 10.1 Å². The van der Waals surface area contributed by atoms with Crippen molar-refractivity contribution in [1.82, 2.24) is 4.98 Å². The van der Waals surface area contributed by atoms with Gasteiger partial charge in [-0.05, 0) is 31.2 Å². The number of nitrogens with zero attached hydrogens (tertiary/aromatic N) is 1. The molecule has 0 saturated carbocycles. The number of fused-ring (bicyclic) bond motifs is 1. The summed E-state index contributed by atoms with van der Waals surface area (Å²) in [6, 6.07) is 25.0. The Hall–Kier alpha value is -3.66. The molecule has 1 heterocycles. The van der Waals surface area contributed by atoms with E-state index < -0.39 is 0 Å². The first kappa shape index (κ1) is 17.7. The number of aromatic nitrogens is 1. The van der Waals surface area contributed by atoms with Crippen LogP contribution in [0.25, 0.3) is 22.2 Å². The fourth-order valence-electron chi connectivity index (χ4n) is 3.17. The second-order valence-electron chi connectivity index (χ2n) is 6.59. The highest BCUT2D eigenvalue weighted by Gasteiger charge is 2.15. The molecular formula is C24H20N2O2. The van der Waals surface area contributed by atoms with Crippen molar-refractivity contribution in [3.8, 4) is 17.0 Å². The lowest BCUT2D eigenvalue weighted by Gasteiger charge is -2.13. The molecule has 0 unspecified atom stereocenters. The van der Waals surface area contributed by atoms with E-state index in [4.69, 9.17) is 9.72 Å². The van der Waals surface area contributed by atoms with Gasteiger partial charge in [0.2, 0.25) is 0 Å². The molecule has 4 aromatic rings. The molecular weight excluding hydrogens is 348 g/mol. The van der Waals surface area contributed by atoms with Crippen molar-refractivity contribution in [2.75, 3.05) is 12.4 Å². The molecule has 4 heteroatoms. The van der Waals surface area contributed by atoms with Gasteiger partial charge in [0, 0.05) is 10.9 Å². The summed E-state index contributed by atoms with van der Waals surface area (Å²) in [5.41, 5.74) is 4.91. The number of ether oxygens (including phenoxy) is 1. The molecule has 0 saturated heterocycles. The Morgan fingerprint density at radius 3 is 2.43 bits per heavy atom. The zero-order valence-corrected chi connectivity index (χ0v) is 15.8. The van der Waals surface area contributed by atoms with E-state index in [0.29, 0.717) is 17.0 Å². The summed E-state index contributed by atoms with van der Waals surface area (Å²) in [6.07, 6.45) is 0. The number of para-hydroxylation sites is 3. The maximum Gasteiger partial charge on any atom is 0.256 e. The molecule has 1 aromatic heterocycles. The number of benzene rings is 3. The molecule has 4 nitrogen and oxygen atoms in total. The molecule has 138 valence electrons. The lowest BCUT2D eigenvalue weighted by molar-refractivity contribution is 0.102. The van der Waals surface area contributed by atoms with Gasteiger partial charge in [-0.3, -0.25) is 4.79 Å². The SMILES string of the molecule is COc1ccccc1NC(=O)c1cc(-c2ccc(C)cc2)nc2ccccc12. The van der Waals surface area contributed by atoms with E-state index in [0.717, 1.165) is 22.2 Å². The Bertz CT molecular complexity index is 1150. The van der Waals surface area contributed by atoms with Crippen LogP contribution in [0, 0.1) is 6.92 Å². The van der Waals surface area contributed by atoms with E-state index >= 15 is 0 Å². The van der Waals surface area contributed by atoms with Crippen molar-refractivity contribution >= 4 is 22.5 Å². The summed E-state index contributed by atoms with van der Waals surface area (Å²) in [5, 5.41) is 3.78. The fraction of sp³-hybridized carbons (Fsp3) is 0.0833. The first-order valence-corrected chi connectivity index (χ1v) is 9.07. The van der Waals surface area contributed by atoms with Gasteiger partial charge in [0.15, 0.2) is 0 Å². The molecule has 0 bridgehead atoms. The number of anilines is 1. The Labute approximate surface area is 163 Å². The average molecular weight is 368 g/mol. The van der Waals surface area contributed by atoms with Crippen molar-refractivity contribution in [2.24, 2.45) is 0 Å². The van der Waals surface area contributed by atoms with Crippen LogP contribution >= 0.6 is 0 Å². The van der Waals surface area contributed by atoms with Gasteiger partial charge in [-0.1, -0.05) is 60.2 Å². The van der Waals surface area contributed by atoms with Crippen LogP contribution in [0.4, 0.5) is 5.69 Å². The van der Waals surface area contributed by atoms with Crippen molar-refractivity contribution < 1.29 is 9.53 Å².